The van der Waals surface area contributed by atoms with E-state index in [-0.39, 0.29) is 13.2 Å². The Kier molecular flexibility index (Phi) is 7.85. The molecule has 0 saturated heterocycles. The van der Waals surface area contributed by atoms with Crippen molar-refractivity contribution in [3.63, 3.8) is 0 Å². The van der Waals surface area contributed by atoms with Crippen molar-refractivity contribution in [3.05, 3.63) is 28.8 Å². The van der Waals surface area contributed by atoms with Gasteiger partial charge in [0.05, 0.1) is 13.2 Å². The van der Waals surface area contributed by atoms with Crippen LogP contribution in [0, 0.1) is 0 Å². The summed E-state index contributed by atoms with van der Waals surface area (Å²) in [6, 6.07) is 5.33. The molecule has 0 aromatic heterocycles. The van der Waals surface area contributed by atoms with Crippen LogP contribution in [0.25, 0.3) is 0 Å². The summed E-state index contributed by atoms with van der Waals surface area (Å²) in [5, 5.41) is 3.76. The third-order valence-corrected chi connectivity index (χ3v) is 2.94. The molecule has 0 aliphatic carbocycles. The number of halogens is 4. The number of ether oxygens (including phenoxy) is 2. The van der Waals surface area contributed by atoms with E-state index in [4.69, 9.17) is 16.3 Å². The molecule has 0 radical (unpaired) electrons. The molecular formula is C14H19ClF3NO2. The molecule has 0 aliphatic rings. The van der Waals surface area contributed by atoms with Gasteiger partial charge in [0.15, 0.2) is 0 Å². The molecule has 1 aromatic carbocycles. The van der Waals surface area contributed by atoms with E-state index in [1.165, 1.54) is 0 Å². The van der Waals surface area contributed by atoms with Crippen LogP contribution >= 0.6 is 11.6 Å². The molecule has 1 aromatic rings. The van der Waals surface area contributed by atoms with Gasteiger partial charge in [0.1, 0.15) is 12.4 Å². The van der Waals surface area contributed by atoms with Crippen LogP contribution in [0.2, 0.25) is 5.02 Å². The Bertz CT molecular complexity index is 427. The standard InChI is InChI=1S/C14H19ClF3NO2/c1-2-19-9-11-12(15)5-3-6-13(11)21-8-4-7-20-10-14(16,17)18/h3,5-6,19H,2,4,7-10H2,1H3. The molecule has 0 fully saturated rings. The SMILES string of the molecule is CCNCc1c(Cl)cccc1OCCCOCC(F)(F)F. The van der Waals surface area contributed by atoms with Crippen molar-refractivity contribution < 1.29 is 22.6 Å². The number of hydrogen-bond donors (Lipinski definition) is 1. The minimum Gasteiger partial charge on any atom is -0.493 e. The summed E-state index contributed by atoms with van der Waals surface area (Å²) in [6.07, 6.45) is -3.91. The zero-order valence-corrected chi connectivity index (χ0v) is 12.6. The lowest BCUT2D eigenvalue weighted by Gasteiger charge is -2.13. The van der Waals surface area contributed by atoms with Gasteiger partial charge in [0.25, 0.3) is 0 Å². The van der Waals surface area contributed by atoms with Gasteiger partial charge < -0.3 is 14.8 Å². The van der Waals surface area contributed by atoms with Crippen molar-refractivity contribution in [1.82, 2.24) is 5.32 Å². The van der Waals surface area contributed by atoms with Gasteiger partial charge in [-0.2, -0.15) is 13.2 Å². The summed E-state index contributed by atoms with van der Waals surface area (Å²) < 4.78 is 45.7. The number of hydrogen-bond acceptors (Lipinski definition) is 3. The van der Waals surface area contributed by atoms with Crippen LogP contribution in [0.5, 0.6) is 5.75 Å². The van der Waals surface area contributed by atoms with E-state index in [9.17, 15) is 13.2 Å². The van der Waals surface area contributed by atoms with Crippen molar-refractivity contribution in [2.75, 3.05) is 26.4 Å². The zero-order valence-electron chi connectivity index (χ0n) is 11.8. The van der Waals surface area contributed by atoms with Crippen LogP contribution in [0.1, 0.15) is 18.9 Å². The number of alkyl halides is 3. The Morgan fingerprint density at radius 2 is 2.00 bits per heavy atom. The summed E-state index contributed by atoms with van der Waals surface area (Å²) in [5.41, 5.74) is 0.845. The lowest BCUT2D eigenvalue weighted by molar-refractivity contribution is -0.174. The van der Waals surface area contributed by atoms with Crippen molar-refractivity contribution in [2.24, 2.45) is 0 Å². The van der Waals surface area contributed by atoms with Gasteiger partial charge in [-0.3, -0.25) is 0 Å². The van der Waals surface area contributed by atoms with E-state index in [0.717, 1.165) is 12.1 Å². The van der Waals surface area contributed by atoms with Gasteiger partial charge in [-0.1, -0.05) is 24.6 Å². The second-order valence-electron chi connectivity index (χ2n) is 4.37. The smallest absolute Gasteiger partial charge is 0.411 e. The monoisotopic (exact) mass is 325 g/mol. The van der Waals surface area contributed by atoms with E-state index in [2.05, 4.69) is 10.1 Å². The average molecular weight is 326 g/mol. The molecule has 0 saturated carbocycles. The third-order valence-electron chi connectivity index (χ3n) is 2.58. The highest BCUT2D eigenvalue weighted by atomic mass is 35.5. The zero-order chi connectivity index (χ0) is 15.7. The maximum atomic E-state index is 11.9. The number of benzene rings is 1. The molecule has 0 spiro atoms. The highest BCUT2D eigenvalue weighted by Crippen LogP contribution is 2.26. The largest absolute Gasteiger partial charge is 0.493 e. The first kappa shape index (κ1) is 18.1. The molecule has 0 amide bonds. The quantitative estimate of drug-likeness (QED) is 0.701. The van der Waals surface area contributed by atoms with Gasteiger partial charge in [0.2, 0.25) is 0 Å². The third kappa shape index (κ3) is 7.55. The van der Waals surface area contributed by atoms with E-state index in [1.54, 1.807) is 18.2 Å². The van der Waals surface area contributed by atoms with Crippen LogP contribution in [-0.2, 0) is 11.3 Å². The van der Waals surface area contributed by atoms with Crippen LogP contribution in [0.15, 0.2) is 18.2 Å². The van der Waals surface area contributed by atoms with Gasteiger partial charge >= 0.3 is 6.18 Å². The van der Waals surface area contributed by atoms with Gasteiger partial charge in [0, 0.05) is 23.6 Å². The molecule has 0 atom stereocenters. The van der Waals surface area contributed by atoms with E-state index < -0.39 is 12.8 Å². The van der Waals surface area contributed by atoms with Gasteiger partial charge in [-0.15, -0.1) is 0 Å². The highest BCUT2D eigenvalue weighted by Gasteiger charge is 2.27. The lowest BCUT2D eigenvalue weighted by Crippen LogP contribution is -2.18. The Morgan fingerprint density at radius 3 is 2.67 bits per heavy atom. The minimum absolute atomic E-state index is 0.00260. The second kappa shape index (κ2) is 9.12. The molecule has 0 unspecified atom stereocenters. The molecule has 0 bridgehead atoms. The molecule has 7 heteroatoms. The summed E-state index contributed by atoms with van der Waals surface area (Å²) >= 11 is 6.11. The summed E-state index contributed by atoms with van der Waals surface area (Å²) in [5.74, 6) is 0.638. The van der Waals surface area contributed by atoms with E-state index in [1.807, 2.05) is 6.92 Å². The maximum absolute atomic E-state index is 11.9. The summed E-state index contributed by atoms with van der Waals surface area (Å²) in [6.45, 7) is 2.41. The van der Waals surface area contributed by atoms with E-state index >= 15 is 0 Å². The Hall–Kier alpha value is -0.980. The van der Waals surface area contributed by atoms with Gasteiger partial charge in [-0.25, -0.2) is 0 Å². The Balaban J connectivity index is 2.36. The predicted molar refractivity (Wildman–Crippen MR) is 75.8 cm³/mol. The second-order valence-corrected chi connectivity index (χ2v) is 4.77. The Labute approximate surface area is 127 Å². The first-order valence-electron chi connectivity index (χ1n) is 6.69. The summed E-state index contributed by atoms with van der Waals surface area (Å²) in [4.78, 5) is 0. The van der Waals surface area contributed by atoms with Crippen molar-refractivity contribution in [2.45, 2.75) is 26.1 Å². The topological polar surface area (TPSA) is 30.5 Å². The van der Waals surface area contributed by atoms with Crippen molar-refractivity contribution in [1.29, 1.82) is 0 Å². The van der Waals surface area contributed by atoms with Gasteiger partial charge in [-0.05, 0) is 18.7 Å². The van der Waals surface area contributed by atoms with Crippen molar-refractivity contribution in [3.8, 4) is 5.75 Å². The minimum atomic E-state index is -4.28. The summed E-state index contributed by atoms with van der Waals surface area (Å²) in [7, 11) is 0. The van der Waals surface area contributed by atoms with Crippen LogP contribution in [0.3, 0.4) is 0 Å². The first-order valence-corrected chi connectivity index (χ1v) is 7.07. The van der Waals surface area contributed by atoms with Crippen molar-refractivity contribution >= 4 is 11.6 Å². The molecule has 0 aliphatic heterocycles. The molecule has 0 heterocycles. The normalized spacial score (nSPS) is 11.7. The molecule has 3 nitrogen and oxygen atoms in total. The number of rotatable bonds is 9. The average Bonchev–Trinajstić information content (AvgIpc) is 2.40. The first-order chi connectivity index (χ1) is 9.94. The number of nitrogens with one attached hydrogen (secondary N) is 1. The lowest BCUT2D eigenvalue weighted by atomic mass is 10.2. The van der Waals surface area contributed by atoms with Crippen LogP contribution in [-0.4, -0.2) is 32.5 Å². The molecule has 1 N–H and O–H groups in total. The predicted octanol–water partition coefficient (Wildman–Crippen LogP) is 3.80. The fourth-order valence-electron chi connectivity index (χ4n) is 1.63. The molecule has 1 rings (SSSR count). The highest BCUT2D eigenvalue weighted by molar-refractivity contribution is 6.31. The van der Waals surface area contributed by atoms with E-state index in [0.29, 0.717) is 23.7 Å². The van der Waals surface area contributed by atoms with Crippen LogP contribution < -0.4 is 10.1 Å². The van der Waals surface area contributed by atoms with Crippen LogP contribution in [0.4, 0.5) is 13.2 Å². The molecule has 21 heavy (non-hydrogen) atoms. The molecule has 120 valence electrons. The molecular weight excluding hydrogens is 307 g/mol. The fraction of sp³-hybridized carbons (Fsp3) is 0.571. The maximum Gasteiger partial charge on any atom is 0.411 e. The fourth-order valence-corrected chi connectivity index (χ4v) is 1.86. The Morgan fingerprint density at radius 1 is 1.24 bits per heavy atom.